The van der Waals surface area contributed by atoms with E-state index in [1.54, 1.807) is 24.3 Å². The molecule has 0 saturated heterocycles. The van der Waals surface area contributed by atoms with Crippen LogP contribution in [-0.2, 0) is 21.1 Å². The van der Waals surface area contributed by atoms with E-state index in [9.17, 15) is 13.2 Å². The van der Waals surface area contributed by atoms with Crippen molar-refractivity contribution in [2.75, 3.05) is 6.26 Å². The largest absolute Gasteiger partial charge is 0.349 e. The molecule has 4 rings (SSSR count). The molecule has 2 aromatic carbocycles. The Morgan fingerprint density at radius 1 is 1.13 bits per heavy atom. The number of nitrogens with zero attached hydrogens (tertiary/aromatic N) is 2. The second-order valence-electron chi connectivity index (χ2n) is 7.18. The van der Waals surface area contributed by atoms with Gasteiger partial charge < -0.3 is 5.32 Å². The number of hydrogen-bond acceptors (Lipinski definition) is 5. The smallest absolute Gasteiger partial charge is 0.226 e. The van der Waals surface area contributed by atoms with Crippen molar-refractivity contribution in [3.8, 4) is 11.3 Å². The number of nitrogens with one attached hydrogen (secondary N) is 1. The maximum Gasteiger partial charge on any atom is 0.226 e. The van der Waals surface area contributed by atoms with Crippen LogP contribution in [0, 0.1) is 0 Å². The summed E-state index contributed by atoms with van der Waals surface area (Å²) in [4.78, 5) is 18.4. The van der Waals surface area contributed by atoms with Gasteiger partial charge in [0.1, 0.15) is 0 Å². The van der Waals surface area contributed by atoms with Crippen molar-refractivity contribution in [2.24, 2.45) is 0 Å². The Balaban J connectivity index is 1.46. The van der Waals surface area contributed by atoms with Crippen LogP contribution in [0.25, 0.3) is 16.2 Å². The fraction of sp³-hybridized carbons (Fsp3) is 0.182. The maximum absolute atomic E-state index is 12.6. The molecule has 6 nitrogen and oxygen atoms in total. The van der Waals surface area contributed by atoms with E-state index in [1.807, 2.05) is 53.2 Å². The van der Waals surface area contributed by atoms with E-state index in [1.165, 1.54) is 17.6 Å². The van der Waals surface area contributed by atoms with E-state index in [-0.39, 0.29) is 23.3 Å². The molecule has 0 fully saturated rings. The highest BCUT2D eigenvalue weighted by Gasteiger charge is 2.15. The van der Waals surface area contributed by atoms with Crippen LogP contribution < -0.4 is 5.32 Å². The maximum atomic E-state index is 12.6. The first-order valence-electron chi connectivity index (χ1n) is 9.41. The summed E-state index contributed by atoms with van der Waals surface area (Å²) < 4.78 is 25.1. The van der Waals surface area contributed by atoms with Crippen molar-refractivity contribution in [2.45, 2.75) is 24.3 Å². The molecular formula is C22H21N3O3S2. The van der Waals surface area contributed by atoms with Gasteiger partial charge in [0.05, 0.1) is 23.1 Å². The van der Waals surface area contributed by atoms with Crippen molar-refractivity contribution in [3.05, 3.63) is 77.4 Å². The summed E-state index contributed by atoms with van der Waals surface area (Å²) in [5.41, 5.74) is 3.64. The lowest BCUT2D eigenvalue weighted by atomic mass is 10.1. The third-order valence-corrected chi connectivity index (χ3v) is 6.90. The molecule has 2 aromatic heterocycles. The zero-order valence-corrected chi connectivity index (χ0v) is 18.2. The van der Waals surface area contributed by atoms with E-state index in [4.69, 9.17) is 0 Å². The van der Waals surface area contributed by atoms with Crippen LogP contribution >= 0.6 is 11.3 Å². The Morgan fingerprint density at radius 3 is 2.50 bits per heavy atom. The Labute approximate surface area is 179 Å². The topological polar surface area (TPSA) is 80.5 Å². The third kappa shape index (κ3) is 4.29. The Bertz CT molecular complexity index is 1290. The Kier molecular flexibility index (Phi) is 5.44. The number of hydrogen-bond donors (Lipinski definition) is 1. The zero-order valence-electron chi connectivity index (χ0n) is 16.6. The fourth-order valence-corrected chi connectivity index (χ4v) is 4.75. The molecular weight excluding hydrogens is 418 g/mol. The van der Waals surface area contributed by atoms with Crippen LogP contribution in [0.1, 0.15) is 24.2 Å². The quantitative estimate of drug-likeness (QED) is 0.494. The van der Waals surface area contributed by atoms with Gasteiger partial charge in [-0.05, 0) is 24.6 Å². The number of amides is 1. The summed E-state index contributed by atoms with van der Waals surface area (Å²) in [5, 5.41) is 4.93. The summed E-state index contributed by atoms with van der Waals surface area (Å²) in [6.07, 6.45) is 3.36. The molecule has 1 amide bonds. The molecule has 8 heteroatoms. The van der Waals surface area contributed by atoms with Crippen LogP contribution in [0.2, 0.25) is 0 Å². The summed E-state index contributed by atoms with van der Waals surface area (Å²) in [6, 6.07) is 16.3. The van der Waals surface area contributed by atoms with Crippen molar-refractivity contribution < 1.29 is 13.2 Å². The lowest BCUT2D eigenvalue weighted by Gasteiger charge is -2.14. The van der Waals surface area contributed by atoms with E-state index in [2.05, 4.69) is 10.3 Å². The van der Waals surface area contributed by atoms with E-state index in [0.29, 0.717) is 0 Å². The number of imidazole rings is 1. The van der Waals surface area contributed by atoms with E-state index < -0.39 is 9.84 Å². The molecule has 0 bridgehead atoms. The van der Waals surface area contributed by atoms with Crippen LogP contribution in [0.15, 0.2) is 71.1 Å². The molecule has 154 valence electrons. The first-order chi connectivity index (χ1) is 14.3. The van der Waals surface area contributed by atoms with E-state index in [0.717, 1.165) is 27.5 Å². The normalized spacial score (nSPS) is 12.7. The highest BCUT2D eigenvalue weighted by Crippen LogP contribution is 2.24. The molecule has 0 aliphatic heterocycles. The predicted octanol–water partition coefficient (Wildman–Crippen LogP) is 3.89. The number of carbonyl (C=O) groups is 1. The van der Waals surface area contributed by atoms with Crippen molar-refractivity contribution in [1.82, 2.24) is 14.7 Å². The minimum absolute atomic E-state index is 0.107. The van der Waals surface area contributed by atoms with Crippen molar-refractivity contribution in [3.63, 3.8) is 0 Å². The summed E-state index contributed by atoms with van der Waals surface area (Å²) in [7, 11) is -3.24. The molecule has 1 unspecified atom stereocenters. The highest BCUT2D eigenvalue weighted by atomic mass is 32.2. The average molecular weight is 440 g/mol. The minimum Gasteiger partial charge on any atom is -0.349 e. The summed E-state index contributed by atoms with van der Waals surface area (Å²) in [5.74, 6) is -0.107. The first-order valence-corrected chi connectivity index (χ1v) is 12.2. The van der Waals surface area contributed by atoms with Crippen LogP contribution in [0.5, 0.6) is 0 Å². The lowest BCUT2D eigenvalue weighted by molar-refractivity contribution is -0.121. The van der Waals surface area contributed by atoms with E-state index >= 15 is 0 Å². The molecule has 2 heterocycles. The standard InChI is InChI=1S/C22H21N3O3S2/c1-15(16-8-10-19(11-9-16)30(2,27)28)23-21(26)12-18-14-29-22-24-20(13-25(18)22)17-6-4-3-5-7-17/h3-11,13-15H,12H2,1-2H3,(H,23,26). The number of thiazole rings is 1. The number of aromatic nitrogens is 2. The molecule has 4 aromatic rings. The molecule has 0 saturated carbocycles. The number of rotatable bonds is 6. The molecule has 0 spiro atoms. The van der Waals surface area contributed by atoms with Gasteiger partial charge in [-0.15, -0.1) is 11.3 Å². The number of fused-ring (bicyclic) bond motifs is 1. The van der Waals surface area contributed by atoms with Gasteiger partial charge in [-0.1, -0.05) is 42.5 Å². The molecule has 0 radical (unpaired) electrons. The third-order valence-electron chi connectivity index (χ3n) is 4.88. The lowest BCUT2D eigenvalue weighted by Crippen LogP contribution is -2.28. The summed E-state index contributed by atoms with van der Waals surface area (Å²) >= 11 is 1.51. The van der Waals surface area contributed by atoms with Crippen LogP contribution in [0.4, 0.5) is 0 Å². The fourth-order valence-electron chi connectivity index (χ4n) is 3.25. The predicted molar refractivity (Wildman–Crippen MR) is 118 cm³/mol. The second-order valence-corrected chi connectivity index (χ2v) is 10.0. The van der Waals surface area contributed by atoms with Gasteiger partial charge in [-0.2, -0.15) is 0 Å². The average Bonchev–Trinajstić information content (AvgIpc) is 3.30. The monoisotopic (exact) mass is 439 g/mol. The molecule has 30 heavy (non-hydrogen) atoms. The summed E-state index contributed by atoms with van der Waals surface area (Å²) in [6.45, 7) is 1.88. The number of benzene rings is 2. The van der Waals surface area contributed by atoms with Gasteiger partial charge in [0, 0.05) is 29.1 Å². The van der Waals surface area contributed by atoms with Gasteiger partial charge in [-0.25, -0.2) is 13.4 Å². The Hall–Kier alpha value is -2.97. The van der Waals surface area contributed by atoms with Crippen molar-refractivity contribution >= 4 is 32.0 Å². The van der Waals surface area contributed by atoms with Gasteiger partial charge in [0.15, 0.2) is 14.8 Å². The molecule has 1 N–H and O–H groups in total. The first kappa shape index (κ1) is 20.3. The number of sulfone groups is 1. The van der Waals surface area contributed by atoms with Gasteiger partial charge in [0.2, 0.25) is 5.91 Å². The highest BCUT2D eigenvalue weighted by molar-refractivity contribution is 7.90. The van der Waals surface area contributed by atoms with Crippen molar-refractivity contribution in [1.29, 1.82) is 0 Å². The molecule has 1 atom stereocenters. The second kappa shape index (κ2) is 8.04. The Morgan fingerprint density at radius 2 is 1.83 bits per heavy atom. The number of carbonyl (C=O) groups excluding carboxylic acids is 1. The zero-order chi connectivity index (χ0) is 21.3. The molecule has 0 aliphatic rings. The molecule has 0 aliphatic carbocycles. The van der Waals surface area contributed by atoms with Gasteiger partial charge >= 0.3 is 0 Å². The van der Waals surface area contributed by atoms with Crippen LogP contribution in [0.3, 0.4) is 0 Å². The minimum atomic E-state index is -3.24. The van der Waals surface area contributed by atoms with Crippen LogP contribution in [-0.4, -0.2) is 30.0 Å². The van der Waals surface area contributed by atoms with Gasteiger partial charge in [-0.3, -0.25) is 9.20 Å². The SMILES string of the molecule is CC(NC(=O)Cc1csc2nc(-c3ccccc3)cn12)c1ccc(S(C)(=O)=O)cc1. The van der Waals surface area contributed by atoms with Gasteiger partial charge in [0.25, 0.3) is 0 Å².